The van der Waals surface area contributed by atoms with Crippen molar-refractivity contribution in [2.75, 3.05) is 26.3 Å². The molecule has 0 radical (unpaired) electrons. The SMILES string of the molecule is O=C(NCc1cccnc1)C1CCc2sc(C(=O)N3CCOCC3)cc2C1. The maximum atomic E-state index is 12.7. The lowest BCUT2D eigenvalue weighted by Gasteiger charge is -2.26. The molecule has 0 bridgehead atoms. The Morgan fingerprint density at radius 1 is 1.33 bits per heavy atom. The van der Waals surface area contributed by atoms with Gasteiger partial charge in [-0.1, -0.05) is 6.07 Å². The third-order valence-electron chi connectivity index (χ3n) is 5.15. The lowest BCUT2D eigenvalue weighted by atomic mass is 9.87. The molecule has 142 valence electrons. The van der Waals surface area contributed by atoms with Crippen LogP contribution in [0.25, 0.3) is 0 Å². The fraction of sp³-hybridized carbons (Fsp3) is 0.450. The monoisotopic (exact) mass is 385 g/mol. The van der Waals surface area contributed by atoms with Crippen LogP contribution in [0.2, 0.25) is 0 Å². The fourth-order valence-corrected chi connectivity index (χ4v) is 4.79. The van der Waals surface area contributed by atoms with Crippen molar-refractivity contribution in [1.29, 1.82) is 0 Å². The fourth-order valence-electron chi connectivity index (χ4n) is 3.61. The van der Waals surface area contributed by atoms with Crippen LogP contribution >= 0.6 is 11.3 Å². The third kappa shape index (κ3) is 4.20. The first-order valence-corrected chi connectivity index (χ1v) is 10.2. The van der Waals surface area contributed by atoms with E-state index in [0.29, 0.717) is 39.3 Å². The molecule has 4 rings (SSSR count). The maximum Gasteiger partial charge on any atom is 0.264 e. The Hall–Kier alpha value is -2.25. The molecule has 27 heavy (non-hydrogen) atoms. The van der Waals surface area contributed by atoms with E-state index in [-0.39, 0.29) is 17.7 Å². The smallest absolute Gasteiger partial charge is 0.264 e. The molecule has 0 aromatic carbocycles. The molecular weight excluding hydrogens is 362 g/mol. The number of rotatable bonds is 4. The quantitative estimate of drug-likeness (QED) is 0.874. The van der Waals surface area contributed by atoms with Gasteiger partial charge in [-0.15, -0.1) is 11.3 Å². The minimum absolute atomic E-state index is 0.0323. The summed E-state index contributed by atoms with van der Waals surface area (Å²) in [6.45, 7) is 3.02. The highest BCUT2D eigenvalue weighted by Gasteiger charge is 2.28. The van der Waals surface area contributed by atoms with Crippen LogP contribution in [0, 0.1) is 5.92 Å². The van der Waals surface area contributed by atoms with Crippen LogP contribution in [0.15, 0.2) is 30.6 Å². The molecule has 1 fully saturated rings. The van der Waals surface area contributed by atoms with Gasteiger partial charge in [-0.25, -0.2) is 0 Å². The number of morpholine rings is 1. The van der Waals surface area contributed by atoms with Gasteiger partial charge in [-0.05, 0) is 42.5 Å². The number of hydrogen-bond donors (Lipinski definition) is 1. The van der Waals surface area contributed by atoms with Crippen molar-refractivity contribution in [2.24, 2.45) is 5.92 Å². The zero-order valence-electron chi connectivity index (χ0n) is 15.1. The van der Waals surface area contributed by atoms with E-state index in [9.17, 15) is 9.59 Å². The molecule has 3 heterocycles. The average molecular weight is 385 g/mol. The van der Waals surface area contributed by atoms with Crippen LogP contribution in [0.1, 0.15) is 32.1 Å². The molecule has 0 spiro atoms. The van der Waals surface area contributed by atoms with Gasteiger partial charge in [0, 0.05) is 42.8 Å². The Kier molecular flexibility index (Phi) is 5.50. The number of thiophene rings is 1. The van der Waals surface area contributed by atoms with Crippen LogP contribution in [-0.4, -0.2) is 48.0 Å². The van der Waals surface area contributed by atoms with E-state index >= 15 is 0 Å². The largest absolute Gasteiger partial charge is 0.378 e. The predicted molar refractivity (Wildman–Crippen MR) is 103 cm³/mol. The van der Waals surface area contributed by atoms with Gasteiger partial charge in [0.25, 0.3) is 5.91 Å². The molecule has 2 amide bonds. The second-order valence-corrected chi connectivity index (χ2v) is 8.12. The Bertz CT molecular complexity index is 815. The number of amides is 2. The minimum Gasteiger partial charge on any atom is -0.378 e. The van der Waals surface area contributed by atoms with Gasteiger partial charge in [0.15, 0.2) is 0 Å². The van der Waals surface area contributed by atoms with E-state index in [1.54, 1.807) is 23.7 Å². The molecule has 2 aromatic heterocycles. The number of ether oxygens (including phenoxy) is 1. The molecule has 2 aromatic rings. The van der Waals surface area contributed by atoms with Crippen molar-refractivity contribution in [3.05, 3.63) is 51.5 Å². The molecule has 1 aliphatic heterocycles. The number of pyridine rings is 1. The Morgan fingerprint density at radius 2 is 2.19 bits per heavy atom. The Labute approximate surface area is 162 Å². The molecule has 6 nitrogen and oxygen atoms in total. The van der Waals surface area contributed by atoms with E-state index in [0.717, 1.165) is 28.8 Å². The molecule has 1 saturated heterocycles. The van der Waals surface area contributed by atoms with E-state index in [1.165, 1.54) is 4.88 Å². The van der Waals surface area contributed by atoms with Gasteiger partial charge in [-0.2, -0.15) is 0 Å². The second kappa shape index (κ2) is 8.19. The van der Waals surface area contributed by atoms with Crippen LogP contribution in [0.3, 0.4) is 0 Å². The average Bonchev–Trinajstić information content (AvgIpc) is 3.16. The van der Waals surface area contributed by atoms with Gasteiger partial charge in [0.2, 0.25) is 5.91 Å². The number of aryl methyl sites for hydroxylation is 1. The molecule has 1 unspecified atom stereocenters. The normalized spacial score (nSPS) is 19.4. The minimum atomic E-state index is -0.0323. The molecule has 1 N–H and O–H groups in total. The first-order chi connectivity index (χ1) is 13.2. The van der Waals surface area contributed by atoms with E-state index < -0.39 is 0 Å². The summed E-state index contributed by atoms with van der Waals surface area (Å²) in [5.74, 6) is 0.141. The van der Waals surface area contributed by atoms with Gasteiger partial charge >= 0.3 is 0 Å². The maximum absolute atomic E-state index is 12.7. The molecule has 7 heteroatoms. The molecule has 0 saturated carbocycles. The van der Waals surface area contributed by atoms with Crippen molar-refractivity contribution in [3.8, 4) is 0 Å². The summed E-state index contributed by atoms with van der Waals surface area (Å²) in [5, 5.41) is 3.02. The molecule has 1 atom stereocenters. The number of carbonyl (C=O) groups is 2. The Balaban J connectivity index is 1.37. The van der Waals surface area contributed by atoms with E-state index in [2.05, 4.69) is 10.3 Å². The van der Waals surface area contributed by atoms with Gasteiger partial charge < -0.3 is 15.0 Å². The number of aromatic nitrogens is 1. The van der Waals surface area contributed by atoms with Crippen LogP contribution in [-0.2, 0) is 28.9 Å². The van der Waals surface area contributed by atoms with Crippen molar-refractivity contribution < 1.29 is 14.3 Å². The summed E-state index contributed by atoms with van der Waals surface area (Å²) in [6.07, 6.45) is 5.89. The molecule has 1 aliphatic carbocycles. The van der Waals surface area contributed by atoms with Crippen molar-refractivity contribution in [1.82, 2.24) is 15.2 Å². The number of carbonyl (C=O) groups excluding carboxylic acids is 2. The summed E-state index contributed by atoms with van der Waals surface area (Å²) in [4.78, 5) is 33.2. The first kappa shape index (κ1) is 18.1. The first-order valence-electron chi connectivity index (χ1n) is 9.36. The molecular formula is C20H23N3O3S. The summed E-state index contributed by atoms with van der Waals surface area (Å²) in [5.41, 5.74) is 2.15. The van der Waals surface area contributed by atoms with Crippen molar-refractivity contribution in [3.63, 3.8) is 0 Å². The highest BCUT2D eigenvalue weighted by molar-refractivity contribution is 7.14. The number of nitrogens with zero attached hydrogens (tertiary/aromatic N) is 2. The second-order valence-electron chi connectivity index (χ2n) is 6.98. The topological polar surface area (TPSA) is 71.5 Å². The Morgan fingerprint density at radius 3 is 2.96 bits per heavy atom. The summed E-state index contributed by atoms with van der Waals surface area (Å²) >= 11 is 1.59. The third-order valence-corrected chi connectivity index (χ3v) is 6.38. The van der Waals surface area contributed by atoms with E-state index in [4.69, 9.17) is 4.74 Å². The predicted octanol–water partition coefficient (Wildman–Crippen LogP) is 2.04. The zero-order valence-corrected chi connectivity index (χ0v) is 16.0. The number of fused-ring (bicyclic) bond motifs is 1. The lowest BCUT2D eigenvalue weighted by Crippen LogP contribution is -2.40. The number of nitrogens with one attached hydrogen (secondary N) is 1. The van der Waals surface area contributed by atoms with Crippen LogP contribution < -0.4 is 5.32 Å². The highest BCUT2D eigenvalue weighted by Crippen LogP contribution is 2.33. The van der Waals surface area contributed by atoms with E-state index in [1.807, 2.05) is 23.1 Å². The standard InChI is InChI=1S/C20H23N3O3S/c24-19(22-13-14-2-1-5-21-12-14)15-3-4-17-16(10-15)11-18(27-17)20(25)23-6-8-26-9-7-23/h1-2,5,11-12,15H,3-4,6-10,13H2,(H,22,24). The van der Waals surface area contributed by atoms with Gasteiger partial charge in [0.05, 0.1) is 18.1 Å². The van der Waals surface area contributed by atoms with Gasteiger partial charge in [-0.3, -0.25) is 14.6 Å². The zero-order chi connectivity index (χ0) is 18.6. The summed E-state index contributed by atoms with van der Waals surface area (Å²) in [6, 6.07) is 5.82. The summed E-state index contributed by atoms with van der Waals surface area (Å²) in [7, 11) is 0. The molecule has 2 aliphatic rings. The summed E-state index contributed by atoms with van der Waals surface area (Å²) < 4.78 is 5.32. The lowest BCUT2D eigenvalue weighted by molar-refractivity contribution is -0.125. The van der Waals surface area contributed by atoms with Crippen LogP contribution in [0.4, 0.5) is 0 Å². The van der Waals surface area contributed by atoms with Crippen molar-refractivity contribution >= 4 is 23.2 Å². The van der Waals surface area contributed by atoms with Crippen molar-refractivity contribution in [2.45, 2.75) is 25.8 Å². The highest BCUT2D eigenvalue weighted by atomic mass is 32.1. The number of hydrogen-bond acceptors (Lipinski definition) is 5. The van der Waals surface area contributed by atoms with Crippen LogP contribution in [0.5, 0.6) is 0 Å². The van der Waals surface area contributed by atoms with Gasteiger partial charge in [0.1, 0.15) is 0 Å².